The van der Waals surface area contributed by atoms with Crippen molar-refractivity contribution in [2.24, 2.45) is 0 Å². The highest BCUT2D eigenvalue weighted by Crippen LogP contribution is 2.21. The molecular formula is C17H15ClN4OS2. The highest BCUT2D eigenvalue weighted by atomic mass is 35.5. The summed E-state index contributed by atoms with van der Waals surface area (Å²) in [6.45, 7) is 0.0670. The van der Waals surface area contributed by atoms with Gasteiger partial charge in [-0.15, -0.1) is 11.8 Å². The Morgan fingerprint density at radius 1 is 1.24 bits per heavy atom. The Labute approximate surface area is 159 Å². The molecule has 0 saturated heterocycles. The van der Waals surface area contributed by atoms with E-state index in [1.165, 1.54) is 0 Å². The van der Waals surface area contributed by atoms with Crippen LogP contribution in [-0.4, -0.2) is 26.9 Å². The highest BCUT2D eigenvalue weighted by molar-refractivity contribution is 7.98. The zero-order valence-electron chi connectivity index (χ0n) is 13.3. The summed E-state index contributed by atoms with van der Waals surface area (Å²) in [6, 6.07) is 14.9. The summed E-state index contributed by atoms with van der Waals surface area (Å²) in [6.07, 6.45) is 2.01. The van der Waals surface area contributed by atoms with Crippen molar-refractivity contribution < 1.29 is 4.79 Å². The lowest BCUT2D eigenvalue weighted by Crippen LogP contribution is -2.19. The summed E-state index contributed by atoms with van der Waals surface area (Å²) in [5.74, 6) is 0.416. The number of aromatic nitrogens is 3. The fraction of sp³-hybridized carbons (Fsp3) is 0.118. The fourth-order valence-electron chi connectivity index (χ4n) is 2.30. The van der Waals surface area contributed by atoms with E-state index in [2.05, 4.69) is 15.5 Å². The van der Waals surface area contributed by atoms with E-state index < -0.39 is 0 Å². The quantitative estimate of drug-likeness (QED) is 0.492. The van der Waals surface area contributed by atoms with Crippen molar-refractivity contribution in [1.29, 1.82) is 0 Å². The number of hydrogen-bond acceptors (Lipinski definition) is 4. The molecule has 128 valence electrons. The second kappa shape index (κ2) is 7.86. The van der Waals surface area contributed by atoms with E-state index in [4.69, 9.17) is 23.8 Å². The van der Waals surface area contributed by atoms with Gasteiger partial charge >= 0.3 is 0 Å². The van der Waals surface area contributed by atoms with E-state index in [0.29, 0.717) is 15.6 Å². The third-order valence-electron chi connectivity index (χ3n) is 3.54. The molecule has 2 N–H and O–H groups in total. The van der Waals surface area contributed by atoms with Crippen LogP contribution in [0.25, 0.3) is 11.4 Å². The molecule has 0 aliphatic carbocycles. The fourth-order valence-corrected chi connectivity index (χ4v) is 3.03. The molecule has 1 aromatic heterocycles. The van der Waals surface area contributed by atoms with Gasteiger partial charge in [-0.3, -0.25) is 14.5 Å². The minimum atomic E-state index is -0.176. The van der Waals surface area contributed by atoms with Crippen molar-refractivity contribution in [2.45, 2.75) is 11.4 Å². The molecule has 0 atom stereocenters. The van der Waals surface area contributed by atoms with E-state index in [0.717, 1.165) is 16.1 Å². The third-order valence-corrected chi connectivity index (χ3v) is 4.84. The number of anilines is 1. The molecule has 0 fully saturated rings. The van der Waals surface area contributed by atoms with Gasteiger partial charge in [0.2, 0.25) is 5.91 Å². The number of nitrogens with zero attached hydrogens (tertiary/aromatic N) is 2. The SMILES string of the molecule is CSc1ccc(NC(=O)Cn2c(-c3ccc(Cl)cc3)n[nH]c2=S)cc1. The van der Waals surface area contributed by atoms with Crippen LogP contribution in [-0.2, 0) is 11.3 Å². The van der Waals surface area contributed by atoms with Gasteiger partial charge in [-0.2, -0.15) is 5.10 Å². The lowest BCUT2D eigenvalue weighted by molar-refractivity contribution is -0.116. The smallest absolute Gasteiger partial charge is 0.244 e. The van der Waals surface area contributed by atoms with Gasteiger partial charge in [0.05, 0.1) is 0 Å². The predicted molar refractivity (Wildman–Crippen MR) is 105 cm³/mol. The predicted octanol–water partition coefficient (Wildman–Crippen LogP) is 4.62. The second-order valence-electron chi connectivity index (χ2n) is 5.22. The summed E-state index contributed by atoms with van der Waals surface area (Å²) in [4.78, 5) is 13.5. The van der Waals surface area contributed by atoms with Gasteiger partial charge in [0.15, 0.2) is 10.6 Å². The van der Waals surface area contributed by atoms with Crippen LogP contribution in [0.15, 0.2) is 53.4 Å². The molecule has 0 radical (unpaired) electrons. The van der Waals surface area contributed by atoms with Crippen LogP contribution in [0.4, 0.5) is 5.69 Å². The Bertz CT molecular complexity index is 933. The number of benzene rings is 2. The van der Waals surface area contributed by atoms with Crippen molar-refractivity contribution in [2.75, 3.05) is 11.6 Å². The first-order valence-corrected chi connectivity index (χ1v) is 9.43. The Morgan fingerprint density at radius 2 is 1.92 bits per heavy atom. The number of aromatic amines is 1. The molecule has 1 amide bonds. The molecule has 3 rings (SSSR count). The Morgan fingerprint density at radius 3 is 2.56 bits per heavy atom. The number of carbonyl (C=O) groups excluding carboxylic acids is 1. The average Bonchev–Trinajstić information content (AvgIpc) is 2.97. The summed E-state index contributed by atoms with van der Waals surface area (Å²) in [5.41, 5.74) is 1.57. The standard InChI is InChI=1S/C17H15ClN4OS2/c1-25-14-8-6-13(7-9-14)19-15(23)10-22-16(20-21-17(22)24)11-2-4-12(18)5-3-11/h2-9H,10H2,1H3,(H,19,23)(H,21,24). The number of nitrogens with one attached hydrogen (secondary N) is 2. The van der Waals surface area contributed by atoms with Crippen LogP contribution in [0, 0.1) is 4.77 Å². The molecule has 0 unspecified atom stereocenters. The van der Waals surface area contributed by atoms with Gasteiger partial charge in [-0.1, -0.05) is 11.6 Å². The first kappa shape index (κ1) is 17.7. The maximum atomic E-state index is 12.4. The van der Waals surface area contributed by atoms with E-state index in [9.17, 15) is 4.79 Å². The van der Waals surface area contributed by atoms with Crippen molar-refractivity contribution in [3.05, 3.63) is 58.3 Å². The van der Waals surface area contributed by atoms with Crippen molar-refractivity contribution in [3.8, 4) is 11.4 Å². The van der Waals surface area contributed by atoms with E-state index in [1.54, 1.807) is 28.5 Å². The van der Waals surface area contributed by atoms with Crippen LogP contribution >= 0.6 is 35.6 Å². The highest BCUT2D eigenvalue weighted by Gasteiger charge is 2.12. The largest absolute Gasteiger partial charge is 0.325 e. The third kappa shape index (κ3) is 4.31. The zero-order chi connectivity index (χ0) is 17.8. The number of hydrogen-bond donors (Lipinski definition) is 2. The molecule has 5 nitrogen and oxygen atoms in total. The summed E-state index contributed by atoms with van der Waals surface area (Å²) in [5, 5.41) is 10.5. The summed E-state index contributed by atoms with van der Waals surface area (Å²) < 4.78 is 2.04. The van der Waals surface area contributed by atoms with Crippen LogP contribution in [0.1, 0.15) is 0 Å². The van der Waals surface area contributed by atoms with E-state index in [-0.39, 0.29) is 12.5 Å². The zero-order valence-corrected chi connectivity index (χ0v) is 15.7. The van der Waals surface area contributed by atoms with Crippen molar-refractivity contribution >= 4 is 47.2 Å². The van der Waals surface area contributed by atoms with E-state index in [1.807, 2.05) is 42.7 Å². The van der Waals surface area contributed by atoms with Crippen LogP contribution < -0.4 is 5.32 Å². The number of amides is 1. The Balaban J connectivity index is 1.78. The molecule has 3 aromatic rings. The lowest BCUT2D eigenvalue weighted by Gasteiger charge is -2.09. The molecule has 0 bridgehead atoms. The maximum Gasteiger partial charge on any atom is 0.244 e. The molecule has 1 heterocycles. The lowest BCUT2D eigenvalue weighted by atomic mass is 10.2. The summed E-state index contributed by atoms with van der Waals surface area (Å²) in [7, 11) is 0. The molecule has 0 aliphatic rings. The topological polar surface area (TPSA) is 62.7 Å². The Hall–Kier alpha value is -2.09. The van der Waals surface area contributed by atoms with Crippen LogP contribution in [0.3, 0.4) is 0 Å². The normalized spacial score (nSPS) is 10.6. The van der Waals surface area contributed by atoms with Gasteiger partial charge in [0.25, 0.3) is 0 Å². The molecule has 0 saturated carbocycles. The molecule has 0 aliphatic heterocycles. The minimum Gasteiger partial charge on any atom is -0.325 e. The van der Waals surface area contributed by atoms with E-state index >= 15 is 0 Å². The number of carbonyl (C=O) groups is 1. The van der Waals surface area contributed by atoms with Gasteiger partial charge < -0.3 is 5.32 Å². The monoisotopic (exact) mass is 390 g/mol. The molecule has 25 heavy (non-hydrogen) atoms. The number of rotatable bonds is 5. The maximum absolute atomic E-state index is 12.4. The van der Waals surface area contributed by atoms with Gasteiger partial charge in [0.1, 0.15) is 6.54 Å². The first-order valence-electron chi connectivity index (χ1n) is 7.42. The van der Waals surface area contributed by atoms with Crippen molar-refractivity contribution in [1.82, 2.24) is 14.8 Å². The first-order chi connectivity index (χ1) is 12.1. The van der Waals surface area contributed by atoms with Gasteiger partial charge in [-0.05, 0) is 67.0 Å². The number of halogens is 1. The molecule has 0 spiro atoms. The molecular weight excluding hydrogens is 376 g/mol. The van der Waals surface area contributed by atoms with Crippen molar-refractivity contribution in [3.63, 3.8) is 0 Å². The summed E-state index contributed by atoms with van der Waals surface area (Å²) >= 11 is 12.8. The second-order valence-corrected chi connectivity index (χ2v) is 6.92. The van der Waals surface area contributed by atoms with Crippen LogP contribution in [0.5, 0.6) is 0 Å². The van der Waals surface area contributed by atoms with Crippen LogP contribution in [0.2, 0.25) is 5.02 Å². The van der Waals surface area contributed by atoms with Gasteiger partial charge in [0, 0.05) is 21.2 Å². The van der Waals surface area contributed by atoms with Gasteiger partial charge in [-0.25, -0.2) is 0 Å². The Kier molecular flexibility index (Phi) is 5.57. The number of H-pyrrole nitrogens is 1. The molecule has 8 heteroatoms. The molecule has 2 aromatic carbocycles. The number of thioether (sulfide) groups is 1. The average molecular weight is 391 g/mol. The minimum absolute atomic E-state index is 0.0670.